The zero-order valence-electron chi connectivity index (χ0n) is 9.58. The van der Waals surface area contributed by atoms with Crippen LogP contribution in [0.5, 0.6) is 0 Å². The summed E-state index contributed by atoms with van der Waals surface area (Å²) >= 11 is 0. The highest BCUT2D eigenvalue weighted by Gasteiger charge is 2.15. The average Bonchev–Trinajstić information content (AvgIpc) is 1.98. The Bertz CT molecular complexity index is 209. The number of hydrogen-bond acceptors (Lipinski definition) is 0. The lowest BCUT2D eigenvalue weighted by Gasteiger charge is -2.22. The highest BCUT2D eigenvalue weighted by Crippen LogP contribution is 2.29. The van der Waals surface area contributed by atoms with Crippen LogP contribution in [0.1, 0.15) is 48.5 Å². The van der Waals surface area contributed by atoms with Gasteiger partial charge in [0.2, 0.25) is 0 Å². The molecule has 0 saturated heterocycles. The molecule has 0 spiro atoms. The minimum Gasteiger partial charge on any atom is -0.0845 e. The van der Waals surface area contributed by atoms with Crippen LogP contribution in [0.2, 0.25) is 0 Å². The Hall–Kier alpha value is -0.520. The van der Waals surface area contributed by atoms with Gasteiger partial charge >= 0.3 is 0 Å². The third kappa shape index (κ3) is 2.84. The summed E-state index contributed by atoms with van der Waals surface area (Å²) in [6.45, 7) is 15.5. The second-order valence-corrected chi connectivity index (χ2v) is 4.47. The van der Waals surface area contributed by atoms with Gasteiger partial charge in [0.1, 0.15) is 0 Å². The van der Waals surface area contributed by atoms with Crippen LogP contribution >= 0.6 is 0 Å². The van der Waals surface area contributed by atoms with Crippen molar-refractivity contribution in [2.45, 2.75) is 48.5 Å². The van der Waals surface area contributed by atoms with Gasteiger partial charge < -0.3 is 0 Å². The maximum Gasteiger partial charge on any atom is -0.0170 e. The van der Waals surface area contributed by atoms with Crippen molar-refractivity contribution >= 4 is 0 Å². The Kier molecular flexibility index (Phi) is 3.76. The van der Waals surface area contributed by atoms with Crippen molar-refractivity contribution in [1.82, 2.24) is 0 Å². The molecule has 0 atom stereocenters. The van der Waals surface area contributed by atoms with Crippen LogP contribution in [0.25, 0.3) is 0 Å². The predicted octanol–water partition coefficient (Wildman–Crippen LogP) is 4.34. The molecule has 0 amide bonds. The fourth-order valence-electron chi connectivity index (χ4n) is 1.07. The zero-order chi connectivity index (χ0) is 9.94. The maximum absolute atomic E-state index is 2.26. The first-order chi connectivity index (χ1) is 5.30. The molecule has 0 bridgehead atoms. The maximum atomic E-state index is 2.26. The van der Waals surface area contributed by atoms with Gasteiger partial charge in [-0.3, -0.25) is 0 Å². The minimum atomic E-state index is 0.300. The smallest absolute Gasteiger partial charge is 0.0170 e. The van der Waals surface area contributed by atoms with E-state index in [0.717, 1.165) is 0 Å². The molecule has 0 aliphatic heterocycles. The Morgan fingerprint density at radius 2 is 1.42 bits per heavy atom. The van der Waals surface area contributed by atoms with Gasteiger partial charge in [0.15, 0.2) is 0 Å². The molecule has 0 fully saturated rings. The fraction of sp³-hybridized carbons (Fsp3) is 0.667. The summed E-state index contributed by atoms with van der Waals surface area (Å²) in [5.74, 6) is 0. The van der Waals surface area contributed by atoms with E-state index in [1.807, 2.05) is 0 Å². The van der Waals surface area contributed by atoms with Gasteiger partial charge in [-0.2, -0.15) is 0 Å². The van der Waals surface area contributed by atoms with Gasteiger partial charge in [-0.1, -0.05) is 38.0 Å². The molecule has 0 aliphatic rings. The van der Waals surface area contributed by atoms with Crippen molar-refractivity contribution in [2.24, 2.45) is 5.41 Å². The Morgan fingerprint density at radius 1 is 1.00 bits per heavy atom. The highest BCUT2D eigenvalue weighted by molar-refractivity contribution is 5.33. The molecular formula is C12H22. The minimum absolute atomic E-state index is 0.300. The molecule has 0 aromatic rings. The normalized spacial score (nSPS) is 16.1. The summed E-state index contributed by atoms with van der Waals surface area (Å²) in [5.41, 5.74) is 4.61. The van der Waals surface area contributed by atoms with Crippen LogP contribution in [0.4, 0.5) is 0 Å². The van der Waals surface area contributed by atoms with Crippen LogP contribution in [0.3, 0.4) is 0 Å². The molecule has 0 unspecified atom stereocenters. The van der Waals surface area contributed by atoms with Crippen molar-refractivity contribution in [2.75, 3.05) is 0 Å². The van der Waals surface area contributed by atoms with Crippen molar-refractivity contribution in [3.05, 3.63) is 22.8 Å². The molecule has 0 saturated carbocycles. The first kappa shape index (κ1) is 11.5. The Morgan fingerprint density at radius 3 is 1.67 bits per heavy atom. The molecule has 0 N–H and O–H groups in total. The van der Waals surface area contributed by atoms with Crippen LogP contribution < -0.4 is 0 Å². The van der Waals surface area contributed by atoms with Crippen LogP contribution in [-0.2, 0) is 0 Å². The molecule has 0 heteroatoms. The van der Waals surface area contributed by atoms with E-state index in [4.69, 9.17) is 0 Å². The van der Waals surface area contributed by atoms with Crippen LogP contribution in [0, 0.1) is 5.41 Å². The largest absolute Gasteiger partial charge is 0.0845 e. The van der Waals surface area contributed by atoms with Gasteiger partial charge in [0.25, 0.3) is 0 Å². The number of hydrogen-bond donors (Lipinski definition) is 0. The fourth-order valence-corrected chi connectivity index (χ4v) is 1.07. The molecule has 70 valence electrons. The van der Waals surface area contributed by atoms with E-state index >= 15 is 0 Å². The second kappa shape index (κ2) is 3.93. The monoisotopic (exact) mass is 166 g/mol. The first-order valence-corrected chi connectivity index (χ1v) is 4.62. The average molecular weight is 166 g/mol. The van der Waals surface area contributed by atoms with E-state index in [0.29, 0.717) is 5.41 Å². The molecule has 0 rings (SSSR count). The summed E-state index contributed by atoms with van der Waals surface area (Å²) in [6, 6.07) is 0. The number of allylic oxidation sites excluding steroid dienone is 4. The van der Waals surface area contributed by atoms with Crippen molar-refractivity contribution in [3.63, 3.8) is 0 Å². The summed E-state index contributed by atoms with van der Waals surface area (Å²) in [5, 5.41) is 0. The SMILES string of the molecule is CC=C(C)/C(C)=C(\C)C(C)(C)C. The second-order valence-electron chi connectivity index (χ2n) is 4.47. The molecule has 0 aliphatic carbocycles. The summed E-state index contributed by atoms with van der Waals surface area (Å²) in [4.78, 5) is 0. The lowest BCUT2D eigenvalue weighted by Crippen LogP contribution is -2.08. The van der Waals surface area contributed by atoms with E-state index in [1.165, 1.54) is 16.7 Å². The molecule has 0 heterocycles. The van der Waals surface area contributed by atoms with E-state index in [-0.39, 0.29) is 0 Å². The molecular weight excluding hydrogens is 144 g/mol. The van der Waals surface area contributed by atoms with E-state index < -0.39 is 0 Å². The van der Waals surface area contributed by atoms with Crippen molar-refractivity contribution < 1.29 is 0 Å². The van der Waals surface area contributed by atoms with Crippen molar-refractivity contribution in [3.8, 4) is 0 Å². The standard InChI is InChI=1S/C12H22/c1-8-9(2)10(3)11(4)12(5,6)7/h8H,1-7H3/b9-8?,11-10+. The van der Waals surface area contributed by atoms with Gasteiger partial charge in [-0.25, -0.2) is 0 Å². The molecule has 0 aromatic heterocycles. The van der Waals surface area contributed by atoms with Gasteiger partial charge in [-0.15, -0.1) is 0 Å². The zero-order valence-corrected chi connectivity index (χ0v) is 9.58. The third-order valence-corrected chi connectivity index (χ3v) is 2.71. The van der Waals surface area contributed by atoms with E-state index in [2.05, 4.69) is 54.5 Å². The van der Waals surface area contributed by atoms with E-state index in [9.17, 15) is 0 Å². The highest BCUT2D eigenvalue weighted by atomic mass is 14.2. The molecule has 0 nitrogen and oxygen atoms in total. The van der Waals surface area contributed by atoms with Crippen molar-refractivity contribution in [1.29, 1.82) is 0 Å². The predicted molar refractivity (Wildman–Crippen MR) is 57.3 cm³/mol. The van der Waals surface area contributed by atoms with Gasteiger partial charge in [-0.05, 0) is 38.7 Å². The quantitative estimate of drug-likeness (QED) is 0.508. The van der Waals surface area contributed by atoms with Crippen LogP contribution in [0.15, 0.2) is 22.8 Å². The summed E-state index contributed by atoms with van der Waals surface area (Å²) < 4.78 is 0. The number of rotatable bonds is 1. The molecule has 12 heavy (non-hydrogen) atoms. The third-order valence-electron chi connectivity index (χ3n) is 2.71. The van der Waals surface area contributed by atoms with Gasteiger partial charge in [0, 0.05) is 0 Å². The topological polar surface area (TPSA) is 0 Å². The lowest BCUT2D eigenvalue weighted by molar-refractivity contribution is 0.499. The summed E-state index contributed by atoms with van der Waals surface area (Å²) in [7, 11) is 0. The molecule has 0 radical (unpaired) electrons. The lowest BCUT2D eigenvalue weighted by atomic mass is 9.83. The molecule has 0 aromatic carbocycles. The Balaban J connectivity index is 4.96. The van der Waals surface area contributed by atoms with Crippen LogP contribution in [-0.4, -0.2) is 0 Å². The van der Waals surface area contributed by atoms with Gasteiger partial charge in [0.05, 0.1) is 0 Å². The summed E-state index contributed by atoms with van der Waals surface area (Å²) in [6.07, 6.45) is 2.17. The Labute approximate surface area is 77.4 Å². The first-order valence-electron chi connectivity index (χ1n) is 4.62. The van der Waals surface area contributed by atoms with E-state index in [1.54, 1.807) is 0 Å².